The summed E-state index contributed by atoms with van der Waals surface area (Å²) in [5.74, 6) is 1.13. The Kier molecular flexibility index (Phi) is 6.55. The van der Waals surface area contributed by atoms with Gasteiger partial charge in [-0.25, -0.2) is 5.43 Å². The van der Waals surface area contributed by atoms with Crippen LogP contribution in [0, 0.1) is 27.7 Å². The minimum absolute atomic E-state index is 0.0768. The highest BCUT2D eigenvalue weighted by Crippen LogP contribution is 2.39. The Morgan fingerprint density at radius 2 is 1.81 bits per heavy atom. The van der Waals surface area contributed by atoms with Gasteiger partial charge in [-0.05, 0) is 51.0 Å². The standard InChI is InChI=1S/C27H25ClN6OS/c1-15-5-7-19(8-6-15)14-29-32-23(35)13-22-26-33-31-18(4)34(26)27-24(16(2)17(3)36-27)25(30-22)20-9-11-21(28)12-10-20/h5-12,14,22H,13H2,1-4H3,(H,32,35)/b29-14+/t22-/m0/s1. The SMILES string of the molecule is Cc1ccc(/C=N/NC(=O)C[C@@H]2N=C(c3ccc(Cl)cc3)c3c(sc(C)c3C)-n3c(C)nnc32)cc1. The van der Waals surface area contributed by atoms with Gasteiger partial charge in [0.1, 0.15) is 16.9 Å². The number of rotatable bonds is 5. The molecule has 1 N–H and O–H groups in total. The molecule has 4 aromatic rings. The van der Waals surface area contributed by atoms with Gasteiger partial charge in [-0.3, -0.25) is 14.4 Å². The first-order chi connectivity index (χ1) is 17.3. The molecule has 36 heavy (non-hydrogen) atoms. The molecule has 2 aromatic heterocycles. The largest absolute Gasteiger partial charge is 0.273 e. The highest BCUT2D eigenvalue weighted by Gasteiger charge is 2.32. The predicted molar refractivity (Wildman–Crippen MR) is 145 cm³/mol. The number of aryl methyl sites for hydroxylation is 3. The number of fused-ring (bicyclic) bond motifs is 3. The van der Waals surface area contributed by atoms with E-state index in [0.717, 1.165) is 44.4 Å². The molecule has 0 unspecified atom stereocenters. The molecule has 0 aliphatic carbocycles. The van der Waals surface area contributed by atoms with E-state index in [-0.39, 0.29) is 12.3 Å². The molecule has 1 amide bonds. The molecule has 1 atom stereocenters. The number of amides is 1. The predicted octanol–water partition coefficient (Wildman–Crippen LogP) is 5.65. The first-order valence-corrected chi connectivity index (χ1v) is 12.8. The number of thiophene rings is 1. The van der Waals surface area contributed by atoms with Crippen LogP contribution < -0.4 is 5.43 Å². The summed E-state index contributed by atoms with van der Waals surface area (Å²) in [5, 5.41) is 14.6. The molecular formula is C27H25ClN6OS. The van der Waals surface area contributed by atoms with Crippen molar-refractivity contribution >= 4 is 40.8 Å². The number of hydrazone groups is 1. The molecule has 1 aliphatic rings. The topological polar surface area (TPSA) is 84.5 Å². The zero-order valence-corrected chi connectivity index (χ0v) is 22.0. The van der Waals surface area contributed by atoms with Crippen molar-refractivity contribution in [2.45, 2.75) is 40.2 Å². The van der Waals surface area contributed by atoms with Crippen LogP contribution in [0.1, 0.15) is 56.8 Å². The lowest BCUT2D eigenvalue weighted by atomic mass is 9.99. The van der Waals surface area contributed by atoms with E-state index in [2.05, 4.69) is 34.6 Å². The first-order valence-electron chi connectivity index (χ1n) is 11.6. The van der Waals surface area contributed by atoms with E-state index in [4.69, 9.17) is 16.6 Å². The summed E-state index contributed by atoms with van der Waals surface area (Å²) in [6.45, 7) is 8.14. The molecule has 0 spiro atoms. The number of nitrogens with zero attached hydrogens (tertiary/aromatic N) is 5. The second-order valence-corrected chi connectivity index (χ2v) is 10.5. The van der Waals surface area contributed by atoms with E-state index >= 15 is 0 Å². The average Bonchev–Trinajstić information content (AvgIpc) is 3.33. The van der Waals surface area contributed by atoms with Crippen LogP contribution in [0.25, 0.3) is 5.00 Å². The minimum atomic E-state index is -0.536. The van der Waals surface area contributed by atoms with Crippen LogP contribution in [0.2, 0.25) is 5.02 Å². The van der Waals surface area contributed by atoms with E-state index in [0.29, 0.717) is 10.8 Å². The second kappa shape index (κ2) is 9.79. The Balaban J connectivity index is 1.52. The Morgan fingerprint density at radius 1 is 1.08 bits per heavy atom. The number of hydrogen-bond donors (Lipinski definition) is 1. The molecule has 0 fully saturated rings. The maximum Gasteiger partial charge on any atom is 0.242 e. The Hall–Kier alpha value is -3.62. The third-order valence-corrected chi connectivity index (χ3v) is 7.66. The van der Waals surface area contributed by atoms with Crippen molar-refractivity contribution in [3.8, 4) is 5.00 Å². The minimum Gasteiger partial charge on any atom is -0.273 e. The van der Waals surface area contributed by atoms with Crippen LogP contribution in [0.15, 0.2) is 58.6 Å². The van der Waals surface area contributed by atoms with Crippen molar-refractivity contribution in [1.29, 1.82) is 0 Å². The maximum atomic E-state index is 12.9. The number of halogens is 1. The summed E-state index contributed by atoms with van der Waals surface area (Å²) in [4.78, 5) is 19.2. The van der Waals surface area contributed by atoms with E-state index in [1.165, 1.54) is 4.88 Å². The highest BCUT2D eigenvalue weighted by atomic mass is 35.5. The van der Waals surface area contributed by atoms with Gasteiger partial charge in [-0.1, -0.05) is 53.6 Å². The van der Waals surface area contributed by atoms with Gasteiger partial charge in [-0.2, -0.15) is 5.10 Å². The third kappa shape index (κ3) is 4.62. The molecule has 2 aromatic carbocycles. The van der Waals surface area contributed by atoms with Crippen molar-refractivity contribution in [3.05, 3.63) is 97.9 Å². The second-order valence-electron chi connectivity index (χ2n) is 8.81. The normalized spacial score (nSPS) is 14.8. The summed E-state index contributed by atoms with van der Waals surface area (Å²) in [6, 6.07) is 15.0. The fourth-order valence-electron chi connectivity index (χ4n) is 4.19. The van der Waals surface area contributed by atoms with Gasteiger partial charge in [0, 0.05) is 21.0 Å². The molecule has 3 heterocycles. The zero-order valence-electron chi connectivity index (χ0n) is 20.4. The number of benzene rings is 2. The van der Waals surface area contributed by atoms with Gasteiger partial charge in [0.25, 0.3) is 0 Å². The smallest absolute Gasteiger partial charge is 0.242 e. The van der Waals surface area contributed by atoms with E-state index in [1.807, 2.05) is 66.9 Å². The van der Waals surface area contributed by atoms with Crippen molar-refractivity contribution < 1.29 is 4.79 Å². The lowest BCUT2D eigenvalue weighted by Gasteiger charge is -2.12. The summed E-state index contributed by atoms with van der Waals surface area (Å²) < 4.78 is 2.03. The van der Waals surface area contributed by atoms with E-state index < -0.39 is 6.04 Å². The first kappa shape index (κ1) is 24.1. The van der Waals surface area contributed by atoms with Gasteiger partial charge in [0.15, 0.2) is 5.82 Å². The maximum absolute atomic E-state index is 12.9. The lowest BCUT2D eigenvalue weighted by molar-refractivity contribution is -0.121. The molecule has 1 aliphatic heterocycles. The Morgan fingerprint density at radius 3 is 2.53 bits per heavy atom. The van der Waals surface area contributed by atoms with Crippen LogP contribution in [0.3, 0.4) is 0 Å². The van der Waals surface area contributed by atoms with Gasteiger partial charge in [0.2, 0.25) is 5.91 Å². The molecule has 0 bridgehead atoms. The molecule has 5 rings (SSSR count). The number of carbonyl (C=O) groups excluding carboxylic acids is 1. The van der Waals surface area contributed by atoms with Crippen molar-refractivity contribution in [2.75, 3.05) is 0 Å². The average molecular weight is 517 g/mol. The Bertz CT molecular complexity index is 1500. The van der Waals surface area contributed by atoms with Crippen molar-refractivity contribution in [2.24, 2.45) is 10.1 Å². The summed E-state index contributed by atoms with van der Waals surface area (Å²) in [6.07, 6.45) is 1.70. The third-order valence-electron chi connectivity index (χ3n) is 6.22. The zero-order chi connectivity index (χ0) is 25.4. The van der Waals surface area contributed by atoms with Crippen molar-refractivity contribution in [1.82, 2.24) is 20.2 Å². The number of hydrogen-bond acceptors (Lipinski definition) is 6. The molecule has 0 saturated heterocycles. The fourth-order valence-corrected chi connectivity index (χ4v) is 5.53. The number of aromatic nitrogens is 3. The molecular weight excluding hydrogens is 492 g/mol. The molecule has 9 heteroatoms. The molecule has 0 radical (unpaired) electrons. The molecule has 0 saturated carbocycles. The van der Waals surface area contributed by atoms with Crippen LogP contribution in [-0.4, -0.2) is 32.6 Å². The van der Waals surface area contributed by atoms with Gasteiger partial charge < -0.3 is 0 Å². The summed E-state index contributed by atoms with van der Waals surface area (Å²) in [7, 11) is 0. The molecule has 7 nitrogen and oxygen atoms in total. The fraction of sp³-hybridized carbons (Fsp3) is 0.222. The van der Waals surface area contributed by atoms with E-state index in [9.17, 15) is 4.79 Å². The van der Waals surface area contributed by atoms with Gasteiger partial charge in [0.05, 0.1) is 18.3 Å². The van der Waals surface area contributed by atoms with Crippen LogP contribution in [-0.2, 0) is 4.79 Å². The number of aliphatic imine (C=N–C) groups is 1. The number of carbonyl (C=O) groups is 1. The van der Waals surface area contributed by atoms with Crippen molar-refractivity contribution in [3.63, 3.8) is 0 Å². The van der Waals surface area contributed by atoms with Crippen LogP contribution >= 0.6 is 22.9 Å². The van der Waals surface area contributed by atoms with Gasteiger partial charge in [-0.15, -0.1) is 21.5 Å². The summed E-state index contributed by atoms with van der Waals surface area (Å²) in [5.41, 5.74) is 8.63. The lowest BCUT2D eigenvalue weighted by Crippen LogP contribution is -2.21. The van der Waals surface area contributed by atoms with Crippen LogP contribution in [0.5, 0.6) is 0 Å². The number of nitrogens with one attached hydrogen (secondary N) is 1. The highest BCUT2D eigenvalue weighted by molar-refractivity contribution is 7.15. The monoisotopic (exact) mass is 516 g/mol. The molecule has 182 valence electrons. The Labute approximate surface area is 218 Å². The summed E-state index contributed by atoms with van der Waals surface area (Å²) >= 11 is 7.84. The quantitative estimate of drug-likeness (QED) is 0.275. The van der Waals surface area contributed by atoms with Gasteiger partial charge >= 0.3 is 0 Å². The van der Waals surface area contributed by atoms with Crippen LogP contribution in [0.4, 0.5) is 0 Å². The van der Waals surface area contributed by atoms with E-state index in [1.54, 1.807) is 17.6 Å².